The predicted octanol–water partition coefficient (Wildman–Crippen LogP) is 5.84. The fraction of sp³-hybridized carbons (Fsp3) is 0.214. The Balaban J connectivity index is 1.67. The summed E-state index contributed by atoms with van der Waals surface area (Å²) < 4.78 is 62.3. The lowest BCUT2D eigenvalue weighted by Crippen LogP contribution is -2.18. The molecule has 1 aromatic heterocycles. The van der Waals surface area contributed by atoms with Crippen LogP contribution in [0.4, 0.5) is 20.2 Å². The highest BCUT2D eigenvalue weighted by atomic mass is 32.2. The number of carbonyl (C=O) groups excluding carboxylic acids is 1. The Bertz CT molecular complexity index is 1690. The molecular weight excluding hydrogens is 526 g/mol. The SMILES string of the molecule is CC(C)COc1cc(NC(=O)c2cc3ccc(NS(C)(=O)=O)cc3[nH]2)cc(C(F)(F)c2cccc(C#N)c2)c1. The molecule has 0 spiro atoms. The maximum absolute atomic E-state index is 15.6. The van der Waals surface area contributed by atoms with Crippen LogP contribution in [-0.2, 0) is 15.9 Å². The van der Waals surface area contributed by atoms with Gasteiger partial charge < -0.3 is 15.0 Å². The van der Waals surface area contributed by atoms with Crippen LogP contribution in [0.2, 0.25) is 0 Å². The third kappa shape index (κ3) is 6.72. The minimum Gasteiger partial charge on any atom is -0.493 e. The molecule has 0 fully saturated rings. The highest BCUT2D eigenvalue weighted by Gasteiger charge is 2.35. The molecule has 0 bridgehead atoms. The highest BCUT2D eigenvalue weighted by molar-refractivity contribution is 7.92. The maximum atomic E-state index is 15.6. The highest BCUT2D eigenvalue weighted by Crippen LogP contribution is 2.39. The lowest BCUT2D eigenvalue weighted by molar-refractivity contribution is 0.0425. The van der Waals surface area contributed by atoms with Gasteiger partial charge in [-0.1, -0.05) is 32.0 Å². The number of carbonyl (C=O) groups is 1. The van der Waals surface area contributed by atoms with E-state index in [9.17, 15) is 13.2 Å². The van der Waals surface area contributed by atoms with Crippen LogP contribution >= 0.6 is 0 Å². The molecule has 4 rings (SSSR count). The van der Waals surface area contributed by atoms with Crippen molar-refractivity contribution >= 4 is 38.2 Å². The van der Waals surface area contributed by atoms with Crippen LogP contribution in [0.25, 0.3) is 10.9 Å². The van der Waals surface area contributed by atoms with Crippen LogP contribution < -0.4 is 14.8 Å². The van der Waals surface area contributed by atoms with Crippen LogP contribution in [0.15, 0.2) is 66.7 Å². The van der Waals surface area contributed by atoms with Gasteiger partial charge in [-0.25, -0.2) is 8.42 Å². The number of anilines is 2. The first-order valence-electron chi connectivity index (χ1n) is 11.9. The molecule has 8 nitrogen and oxygen atoms in total. The quantitative estimate of drug-likeness (QED) is 0.241. The fourth-order valence-electron chi connectivity index (χ4n) is 3.87. The first kappa shape index (κ1) is 27.6. The van der Waals surface area contributed by atoms with Crippen molar-refractivity contribution < 1.29 is 26.7 Å². The normalized spacial score (nSPS) is 11.8. The van der Waals surface area contributed by atoms with E-state index >= 15 is 8.78 Å². The van der Waals surface area contributed by atoms with Crippen LogP contribution in [0.5, 0.6) is 5.75 Å². The summed E-state index contributed by atoms with van der Waals surface area (Å²) >= 11 is 0. The third-order valence-corrected chi connectivity index (χ3v) is 6.24. The zero-order valence-electron chi connectivity index (χ0n) is 21.4. The molecule has 0 aliphatic heterocycles. The van der Waals surface area contributed by atoms with E-state index in [-0.39, 0.29) is 40.8 Å². The van der Waals surface area contributed by atoms with Gasteiger partial charge in [-0.2, -0.15) is 14.0 Å². The topological polar surface area (TPSA) is 124 Å². The minimum atomic E-state index is -3.48. The summed E-state index contributed by atoms with van der Waals surface area (Å²) in [6.45, 7) is 4.11. The van der Waals surface area contributed by atoms with E-state index in [1.54, 1.807) is 24.3 Å². The van der Waals surface area contributed by atoms with Crippen molar-refractivity contribution in [3.8, 4) is 11.8 Å². The van der Waals surface area contributed by atoms with Gasteiger partial charge in [0.1, 0.15) is 11.4 Å². The molecule has 11 heteroatoms. The Hall–Kier alpha value is -4.43. The summed E-state index contributed by atoms with van der Waals surface area (Å²) in [6, 6.07) is 17.2. The number of halogens is 2. The molecule has 0 saturated heterocycles. The number of ether oxygens (including phenoxy) is 1. The predicted molar refractivity (Wildman–Crippen MR) is 146 cm³/mol. The summed E-state index contributed by atoms with van der Waals surface area (Å²) in [4.78, 5) is 16.0. The molecule has 202 valence electrons. The number of nitrogens with one attached hydrogen (secondary N) is 3. The number of hydrogen-bond donors (Lipinski definition) is 3. The van der Waals surface area contributed by atoms with Crippen LogP contribution in [0.3, 0.4) is 0 Å². The molecule has 0 radical (unpaired) electrons. The van der Waals surface area contributed by atoms with Gasteiger partial charge in [0.15, 0.2) is 0 Å². The van der Waals surface area contributed by atoms with Gasteiger partial charge in [-0.3, -0.25) is 9.52 Å². The summed E-state index contributed by atoms with van der Waals surface area (Å²) in [7, 11) is -3.48. The van der Waals surface area contributed by atoms with E-state index in [0.29, 0.717) is 16.6 Å². The molecule has 4 aromatic rings. The fourth-order valence-corrected chi connectivity index (χ4v) is 4.43. The number of aromatic nitrogens is 1. The van der Waals surface area contributed by atoms with E-state index in [0.717, 1.165) is 18.4 Å². The second kappa shape index (κ2) is 10.7. The summed E-state index contributed by atoms with van der Waals surface area (Å²) in [5.41, 5.74) is 0.377. The van der Waals surface area contributed by atoms with E-state index in [1.165, 1.54) is 30.3 Å². The second-order valence-electron chi connectivity index (χ2n) is 9.53. The van der Waals surface area contributed by atoms with Crippen LogP contribution in [0, 0.1) is 17.2 Å². The Morgan fingerprint density at radius 3 is 2.51 bits per heavy atom. The number of sulfonamides is 1. The smallest absolute Gasteiger partial charge is 0.298 e. The number of amides is 1. The first-order valence-corrected chi connectivity index (χ1v) is 13.8. The molecule has 0 aliphatic carbocycles. The van der Waals surface area contributed by atoms with Gasteiger partial charge in [0.05, 0.1) is 30.2 Å². The lowest BCUT2D eigenvalue weighted by Gasteiger charge is -2.20. The average Bonchev–Trinajstić information content (AvgIpc) is 3.30. The molecule has 1 heterocycles. The van der Waals surface area contributed by atoms with Gasteiger partial charge in [0.25, 0.3) is 11.8 Å². The summed E-state index contributed by atoms with van der Waals surface area (Å²) in [5.74, 6) is -3.78. The Morgan fingerprint density at radius 2 is 1.82 bits per heavy atom. The molecule has 1 amide bonds. The summed E-state index contributed by atoms with van der Waals surface area (Å²) in [6.07, 6.45) is 1.03. The molecule has 3 aromatic carbocycles. The van der Waals surface area contributed by atoms with Crippen molar-refractivity contribution in [1.82, 2.24) is 4.98 Å². The van der Waals surface area contributed by atoms with E-state index < -0.39 is 27.4 Å². The Morgan fingerprint density at radius 1 is 1.05 bits per heavy atom. The number of fused-ring (bicyclic) bond motifs is 1. The van der Waals surface area contributed by atoms with Gasteiger partial charge >= 0.3 is 0 Å². The third-order valence-electron chi connectivity index (χ3n) is 5.63. The van der Waals surface area contributed by atoms with E-state index in [2.05, 4.69) is 15.0 Å². The molecule has 0 saturated carbocycles. The number of H-pyrrole nitrogens is 1. The van der Waals surface area contributed by atoms with Gasteiger partial charge in [0.2, 0.25) is 10.0 Å². The van der Waals surface area contributed by atoms with Crippen molar-refractivity contribution in [1.29, 1.82) is 5.26 Å². The first-order chi connectivity index (χ1) is 18.3. The number of aromatic amines is 1. The van der Waals surface area contributed by atoms with Crippen LogP contribution in [-0.4, -0.2) is 32.2 Å². The van der Waals surface area contributed by atoms with Crippen molar-refractivity contribution in [3.05, 3.63) is 89.1 Å². The van der Waals surface area contributed by atoms with Gasteiger partial charge in [0, 0.05) is 33.8 Å². The van der Waals surface area contributed by atoms with Gasteiger partial charge in [-0.05, 0) is 48.4 Å². The standard InChI is InChI=1S/C28H26F2N4O4S/c1-17(2)16-38-24-12-21(28(29,30)20-6-4-5-18(9-20)15-31)11-23(13-24)32-27(35)26-10-19-7-8-22(14-25(19)33-26)34-39(3,36)37/h4-14,17,33-34H,16H2,1-3H3,(H,32,35). The van der Waals surface area contributed by atoms with E-state index in [4.69, 9.17) is 10.00 Å². The van der Waals surface area contributed by atoms with Crippen LogP contribution in [0.1, 0.15) is 41.0 Å². The van der Waals surface area contributed by atoms with Crippen molar-refractivity contribution in [2.45, 2.75) is 19.8 Å². The monoisotopic (exact) mass is 552 g/mol. The molecule has 0 unspecified atom stereocenters. The minimum absolute atomic E-state index is 0.0884. The molecule has 0 atom stereocenters. The van der Waals surface area contributed by atoms with E-state index in [1.807, 2.05) is 19.9 Å². The zero-order valence-corrected chi connectivity index (χ0v) is 22.2. The number of nitriles is 1. The molecule has 39 heavy (non-hydrogen) atoms. The molecular formula is C28H26F2N4O4S. The molecule has 0 aliphatic rings. The zero-order chi connectivity index (χ0) is 28.4. The number of rotatable bonds is 9. The van der Waals surface area contributed by atoms with Crippen molar-refractivity contribution in [2.24, 2.45) is 5.92 Å². The Labute approximate surface area is 224 Å². The average molecular weight is 553 g/mol. The van der Waals surface area contributed by atoms with Crippen molar-refractivity contribution in [2.75, 3.05) is 22.9 Å². The number of alkyl halides is 2. The summed E-state index contributed by atoms with van der Waals surface area (Å²) in [5, 5.41) is 12.4. The largest absolute Gasteiger partial charge is 0.493 e. The second-order valence-corrected chi connectivity index (χ2v) is 11.3. The Kier molecular flexibility index (Phi) is 7.60. The number of hydrogen-bond acceptors (Lipinski definition) is 5. The maximum Gasteiger partial charge on any atom is 0.298 e. The number of benzene rings is 3. The van der Waals surface area contributed by atoms with Gasteiger partial charge in [-0.15, -0.1) is 0 Å². The van der Waals surface area contributed by atoms with Crippen molar-refractivity contribution in [3.63, 3.8) is 0 Å². The molecule has 3 N–H and O–H groups in total. The lowest BCUT2D eigenvalue weighted by atomic mass is 9.98. The number of nitrogens with zero attached hydrogens (tertiary/aromatic N) is 1.